The molecule has 56 heavy (non-hydrogen) atoms. The minimum absolute atomic E-state index is 0.645. The molecule has 0 aliphatic carbocycles. The molecule has 8 nitrogen and oxygen atoms in total. The van der Waals surface area contributed by atoms with Gasteiger partial charge in [-0.25, -0.2) is 9.97 Å². The van der Waals surface area contributed by atoms with Gasteiger partial charge in [0.25, 0.3) is 0 Å². The fourth-order valence-corrected chi connectivity index (χ4v) is 10.5. The van der Waals surface area contributed by atoms with Crippen LogP contribution in [0.3, 0.4) is 0 Å². The van der Waals surface area contributed by atoms with Crippen molar-refractivity contribution in [2.45, 2.75) is 0 Å². The molecular weight excluding hydrogens is 1230 g/mol. The number of nitrogens with zero attached hydrogens (tertiary/aromatic N) is 6. The Labute approximate surface area is 386 Å². The van der Waals surface area contributed by atoms with Crippen LogP contribution in [0.1, 0.15) is 22.8 Å². The third kappa shape index (κ3) is 6.42. The molecule has 7 aromatic rings. The molecule has 9 rings (SSSR count). The van der Waals surface area contributed by atoms with E-state index in [9.17, 15) is 0 Å². The summed E-state index contributed by atoms with van der Waals surface area (Å²) in [7, 11) is 0. The SMILES string of the molecule is BrC1=C(Br)c2nc1c(-c1ccccn1)c1[nH]c(c(Br)c1Br)c(-c1ccccn1)c1nc(c(-c3ccccn3)c3[nH]c(c(Br)c3Br)c2-c2ccccn2)C(Br)=C1Br. The molecule has 0 atom stereocenters. The maximum atomic E-state index is 5.43. The third-order valence-corrected chi connectivity index (χ3v) is 17.4. The van der Waals surface area contributed by atoms with Crippen molar-refractivity contribution in [1.82, 2.24) is 39.9 Å². The second-order valence-corrected chi connectivity index (χ2v) is 18.6. The van der Waals surface area contributed by atoms with Gasteiger partial charge in [0.05, 0.1) is 126 Å². The fraction of sp³-hybridized carbons (Fsp3) is 0. The van der Waals surface area contributed by atoms with Crippen LogP contribution in [-0.2, 0) is 0 Å². The number of fused-ring (bicyclic) bond motifs is 8. The fourth-order valence-electron chi connectivity index (χ4n) is 6.61. The second kappa shape index (κ2) is 15.7. The molecule has 9 heterocycles. The van der Waals surface area contributed by atoms with Crippen molar-refractivity contribution in [3.05, 3.63) is 138 Å². The molecule has 16 heteroatoms. The summed E-state index contributed by atoms with van der Waals surface area (Å²) in [5.74, 6) is 0. The zero-order valence-corrected chi connectivity index (χ0v) is 40.6. The van der Waals surface area contributed by atoms with Gasteiger partial charge in [-0.05, 0) is 176 Å². The molecule has 0 saturated carbocycles. The Balaban J connectivity index is 1.63. The summed E-state index contributed by atoms with van der Waals surface area (Å²) in [6, 6.07) is 23.3. The number of halogens is 8. The average molecular weight is 1250 g/mol. The van der Waals surface area contributed by atoms with Crippen LogP contribution in [0.25, 0.3) is 85.0 Å². The van der Waals surface area contributed by atoms with Gasteiger partial charge in [0, 0.05) is 24.8 Å². The van der Waals surface area contributed by atoms with E-state index in [-0.39, 0.29) is 0 Å². The highest BCUT2D eigenvalue weighted by molar-refractivity contribution is 9.18. The van der Waals surface area contributed by atoms with Crippen LogP contribution in [0.15, 0.2) is 115 Å². The van der Waals surface area contributed by atoms with E-state index in [0.717, 1.165) is 80.1 Å². The van der Waals surface area contributed by atoms with E-state index in [1.165, 1.54) is 0 Å². The number of aromatic amines is 2. The highest BCUT2D eigenvalue weighted by atomic mass is 79.9. The minimum Gasteiger partial charge on any atom is -0.352 e. The second-order valence-electron chi connectivity index (χ2n) is 12.2. The highest BCUT2D eigenvalue weighted by Crippen LogP contribution is 2.52. The van der Waals surface area contributed by atoms with Crippen LogP contribution in [0.4, 0.5) is 0 Å². The summed E-state index contributed by atoms with van der Waals surface area (Å²) >= 11 is 31.7. The van der Waals surface area contributed by atoms with E-state index in [1.807, 2.05) is 72.8 Å². The van der Waals surface area contributed by atoms with Crippen molar-refractivity contribution in [2.24, 2.45) is 0 Å². The van der Waals surface area contributed by atoms with Crippen molar-refractivity contribution in [3.63, 3.8) is 0 Å². The number of hydrogen-bond donors (Lipinski definition) is 2. The van der Waals surface area contributed by atoms with Gasteiger partial charge in [0.1, 0.15) is 0 Å². The zero-order valence-electron chi connectivity index (χ0n) is 27.9. The highest BCUT2D eigenvalue weighted by Gasteiger charge is 2.31. The van der Waals surface area contributed by atoms with E-state index in [2.05, 4.69) is 137 Å². The first-order valence-corrected chi connectivity index (χ1v) is 22.8. The predicted octanol–water partition coefficient (Wildman–Crippen LogP) is 14.8. The molecule has 0 fully saturated rings. The summed E-state index contributed by atoms with van der Waals surface area (Å²) in [6.07, 6.45) is 7.08. The van der Waals surface area contributed by atoms with Gasteiger partial charge in [0.2, 0.25) is 0 Å². The molecule has 0 saturated heterocycles. The van der Waals surface area contributed by atoms with Crippen LogP contribution in [0, 0.1) is 0 Å². The molecule has 2 aliphatic rings. The standard InChI is InChI=1S/C40H18Br8N8/c41-25-27(43)35-22(18-10-2-6-14-50-18)37-29(45)31(47)39(55-37)24(20-12-4-8-16-52-20)40-32(48)30(46)38(56-40)23(19-11-3-7-15-51-19)36-28(44)26(42)34(54-36)21(33(25)53-35)17-9-1-5-13-49-17/h1-16,53,56H. The number of pyridine rings is 4. The van der Waals surface area contributed by atoms with Gasteiger partial charge in [-0.3, -0.25) is 19.9 Å². The van der Waals surface area contributed by atoms with Crippen molar-refractivity contribution in [3.8, 4) is 45.0 Å². The number of hydrogen-bond acceptors (Lipinski definition) is 6. The van der Waals surface area contributed by atoms with Gasteiger partial charge in [-0.1, -0.05) is 24.3 Å². The topological polar surface area (TPSA) is 109 Å². The van der Waals surface area contributed by atoms with Gasteiger partial charge < -0.3 is 9.97 Å². The van der Waals surface area contributed by atoms with Crippen LogP contribution >= 0.6 is 127 Å². The monoisotopic (exact) mass is 1240 g/mol. The molecule has 0 unspecified atom stereocenters. The number of rotatable bonds is 4. The average Bonchev–Trinajstić information content (AvgIpc) is 3.89. The molecule has 0 aromatic carbocycles. The normalized spacial score (nSPS) is 12.9. The van der Waals surface area contributed by atoms with Crippen molar-refractivity contribution >= 4 is 167 Å². The molecule has 0 amide bonds. The van der Waals surface area contributed by atoms with Crippen LogP contribution < -0.4 is 0 Å². The van der Waals surface area contributed by atoms with Crippen molar-refractivity contribution < 1.29 is 0 Å². The summed E-state index contributed by atoms with van der Waals surface area (Å²) in [4.78, 5) is 37.8. The van der Waals surface area contributed by atoms with Gasteiger partial charge in [0.15, 0.2) is 0 Å². The van der Waals surface area contributed by atoms with E-state index in [0.29, 0.717) is 45.6 Å². The van der Waals surface area contributed by atoms with Crippen LogP contribution in [0.5, 0.6) is 0 Å². The maximum Gasteiger partial charge on any atom is 0.0907 e. The minimum atomic E-state index is 0.645. The third-order valence-electron chi connectivity index (χ3n) is 9.06. The Morgan fingerprint density at radius 2 is 0.554 bits per heavy atom. The Kier molecular flexibility index (Phi) is 10.8. The lowest BCUT2D eigenvalue weighted by atomic mass is 10.1. The van der Waals surface area contributed by atoms with E-state index in [1.54, 1.807) is 24.8 Å². The van der Waals surface area contributed by atoms with E-state index in [4.69, 9.17) is 29.9 Å². The molecule has 0 spiro atoms. The van der Waals surface area contributed by atoms with Gasteiger partial charge >= 0.3 is 0 Å². The Hall–Kier alpha value is -2.96. The zero-order chi connectivity index (χ0) is 38.8. The van der Waals surface area contributed by atoms with Crippen molar-refractivity contribution in [1.29, 1.82) is 0 Å². The maximum absolute atomic E-state index is 5.43. The Morgan fingerprint density at radius 1 is 0.321 bits per heavy atom. The van der Waals surface area contributed by atoms with Crippen LogP contribution in [-0.4, -0.2) is 39.9 Å². The predicted molar refractivity (Wildman–Crippen MR) is 254 cm³/mol. The lowest BCUT2D eigenvalue weighted by Gasteiger charge is -2.06. The Morgan fingerprint density at radius 3 is 0.750 bits per heavy atom. The van der Waals surface area contributed by atoms with E-state index >= 15 is 0 Å². The lowest BCUT2D eigenvalue weighted by molar-refractivity contribution is 1.25. The molecule has 7 aromatic heterocycles. The number of aromatic nitrogens is 8. The van der Waals surface area contributed by atoms with E-state index < -0.39 is 0 Å². The quantitative estimate of drug-likeness (QED) is 0.182. The first-order valence-electron chi connectivity index (χ1n) is 16.5. The van der Waals surface area contributed by atoms with Gasteiger partial charge in [-0.2, -0.15) is 0 Å². The Bertz CT molecular complexity index is 2590. The molecule has 0 radical (unpaired) electrons. The summed E-state index contributed by atoms with van der Waals surface area (Å²) < 4.78 is 5.97. The number of nitrogens with one attached hydrogen (secondary N) is 2. The molecule has 8 bridgehead atoms. The molecule has 2 N–H and O–H groups in total. The molecule has 2 aliphatic heterocycles. The lowest BCUT2D eigenvalue weighted by Crippen LogP contribution is -1.93. The van der Waals surface area contributed by atoms with Crippen molar-refractivity contribution in [2.75, 3.05) is 0 Å². The van der Waals surface area contributed by atoms with Gasteiger partial charge in [-0.15, -0.1) is 0 Å². The first kappa shape index (κ1) is 38.6. The summed E-state index contributed by atoms with van der Waals surface area (Å²) in [5.41, 5.74) is 11.3. The van der Waals surface area contributed by atoms with Crippen LogP contribution in [0.2, 0.25) is 0 Å². The first-order chi connectivity index (χ1) is 27.2. The molecular formula is C40H18Br8N8. The molecule has 274 valence electrons. The summed E-state index contributed by atoms with van der Waals surface area (Å²) in [5, 5.41) is 0. The number of H-pyrrole nitrogens is 2. The summed E-state index contributed by atoms with van der Waals surface area (Å²) in [6.45, 7) is 0. The smallest absolute Gasteiger partial charge is 0.0907 e. The largest absolute Gasteiger partial charge is 0.352 e.